The molecule has 1 saturated carbocycles. The number of ether oxygens (including phenoxy) is 2. The molecule has 4 atom stereocenters. The Labute approximate surface area is 182 Å². The zero-order chi connectivity index (χ0) is 24.5. The summed E-state index contributed by atoms with van der Waals surface area (Å²) in [7, 11) is 0. The molecule has 0 saturated heterocycles. The lowest BCUT2D eigenvalue weighted by Gasteiger charge is -2.48. The van der Waals surface area contributed by atoms with Crippen LogP contribution in [0.2, 0.25) is 0 Å². The summed E-state index contributed by atoms with van der Waals surface area (Å²) >= 11 is 0. The van der Waals surface area contributed by atoms with Crippen LogP contribution in [-0.2, 0) is 21.4 Å². The van der Waals surface area contributed by atoms with Crippen molar-refractivity contribution in [1.82, 2.24) is 4.98 Å². The molecule has 2 aromatic rings. The molecule has 158 valence electrons. The van der Waals surface area contributed by atoms with Gasteiger partial charge in [-0.3, -0.25) is 0 Å². The van der Waals surface area contributed by atoms with Crippen molar-refractivity contribution in [3.05, 3.63) is 53.6 Å². The summed E-state index contributed by atoms with van der Waals surface area (Å²) < 4.78 is 59.1. The summed E-state index contributed by atoms with van der Waals surface area (Å²) in [5.41, 5.74) is 6.41. The first-order valence-electron chi connectivity index (χ1n) is 12.3. The molecular weight excluding hydrogens is 381 g/mol. The van der Waals surface area contributed by atoms with Gasteiger partial charge >= 0.3 is 0 Å². The fourth-order valence-electron chi connectivity index (χ4n) is 5.66. The summed E-state index contributed by atoms with van der Waals surface area (Å²) in [6.45, 7) is -0.565. The number of pyridine rings is 1. The standard InChI is InChI=1S/C24H28FN3O2/c1-3-29-20-8-9-23(12-15(20)2)13-17-7-6-16(18-5-4-10-27-21(18)25)11-19(17)24(23)14-30-22(26)28-24/h4-7,10-11,15,20H,3,8-9,12-14H2,1-2H3,(H2,26,28)/t15-,20-,23-,24+/m1/s1/i3D2,14D2. The lowest BCUT2D eigenvalue weighted by atomic mass is 9.59. The van der Waals surface area contributed by atoms with Gasteiger partial charge in [-0.25, -0.2) is 9.98 Å². The van der Waals surface area contributed by atoms with E-state index < -0.39 is 30.0 Å². The first-order valence-corrected chi connectivity index (χ1v) is 10.3. The van der Waals surface area contributed by atoms with Crippen LogP contribution in [0.4, 0.5) is 4.39 Å². The third-order valence-corrected chi connectivity index (χ3v) is 6.97. The van der Waals surface area contributed by atoms with Crippen LogP contribution >= 0.6 is 0 Å². The number of fused-ring (bicyclic) bond motifs is 3. The number of aliphatic imine (C=N–C) groups is 1. The zero-order valence-corrected chi connectivity index (χ0v) is 17.1. The van der Waals surface area contributed by atoms with Gasteiger partial charge < -0.3 is 15.2 Å². The van der Waals surface area contributed by atoms with E-state index in [1.54, 1.807) is 18.2 Å². The summed E-state index contributed by atoms with van der Waals surface area (Å²) in [6.07, 6.45) is 3.33. The molecule has 0 bridgehead atoms. The van der Waals surface area contributed by atoms with Crippen LogP contribution in [-0.4, -0.2) is 30.2 Å². The van der Waals surface area contributed by atoms with Gasteiger partial charge in [-0.2, -0.15) is 4.39 Å². The number of hydrogen-bond acceptors (Lipinski definition) is 5. The van der Waals surface area contributed by atoms with Gasteiger partial charge in [0.1, 0.15) is 12.1 Å². The molecular formula is C24H28FN3O2. The molecule has 5 nitrogen and oxygen atoms in total. The minimum atomic E-state index is -2.21. The molecule has 2 spiro atoms. The minimum Gasteiger partial charge on any atom is -0.462 e. The molecule has 2 heterocycles. The van der Waals surface area contributed by atoms with Gasteiger partial charge in [0.25, 0.3) is 6.02 Å². The lowest BCUT2D eigenvalue weighted by Crippen LogP contribution is -2.48. The van der Waals surface area contributed by atoms with E-state index in [1.165, 1.54) is 13.1 Å². The van der Waals surface area contributed by atoms with Gasteiger partial charge in [-0.15, -0.1) is 0 Å². The van der Waals surface area contributed by atoms with Crippen LogP contribution in [0, 0.1) is 17.3 Å². The molecule has 2 aliphatic carbocycles. The molecule has 1 aliphatic heterocycles. The summed E-state index contributed by atoms with van der Waals surface area (Å²) in [4.78, 5) is 8.41. The first-order chi connectivity index (χ1) is 15.9. The highest BCUT2D eigenvalue weighted by molar-refractivity contribution is 5.76. The number of nitrogens with two attached hydrogens (primary N) is 1. The van der Waals surface area contributed by atoms with Crippen molar-refractivity contribution >= 4 is 6.02 Å². The van der Waals surface area contributed by atoms with Crippen LogP contribution in [0.1, 0.15) is 49.7 Å². The van der Waals surface area contributed by atoms with Gasteiger partial charge in [-0.05, 0) is 73.4 Å². The second kappa shape index (κ2) is 7.05. The van der Waals surface area contributed by atoms with E-state index in [1.807, 2.05) is 19.1 Å². The lowest BCUT2D eigenvalue weighted by molar-refractivity contribution is -0.0588. The van der Waals surface area contributed by atoms with Crippen molar-refractivity contribution in [3.8, 4) is 11.1 Å². The highest BCUT2D eigenvalue weighted by atomic mass is 19.1. The predicted octanol–water partition coefficient (Wildman–Crippen LogP) is 4.20. The van der Waals surface area contributed by atoms with E-state index in [2.05, 4.69) is 9.98 Å². The second-order valence-corrected chi connectivity index (χ2v) is 8.62. The van der Waals surface area contributed by atoms with Crippen molar-refractivity contribution < 1.29 is 19.3 Å². The highest BCUT2D eigenvalue weighted by Gasteiger charge is 2.62. The van der Waals surface area contributed by atoms with Gasteiger partial charge in [0, 0.05) is 23.7 Å². The first kappa shape index (κ1) is 15.3. The average Bonchev–Trinajstić information content (AvgIpc) is 3.14. The maximum absolute atomic E-state index is 14.5. The number of hydrogen-bond donors (Lipinski definition) is 1. The van der Waals surface area contributed by atoms with Crippen LogP contribution < -0.4 is 5.73 Å². The number of halogens is 1. The van der Waals surface area contributed by atoms with E-state index in [0.717, 1.165) is 5.56 Å². The van der Waals surface area contributed by atoms with E-state index in [-0.39, 0.29) is 18.0 Å². The van der Waals surface area contributed by atoms with Crippen LogP contribution in [0.25, 0.3) is 11.1 Å². The smallest absolute Gasteiger partial charge is 0.283 e. The second-order valence-electron chi connectivity index (χ2n) is 8.62. The monoisotopic (exact) mass is 413 g/mol. The van der Waals surface area contributed by atoms with E-state index in [4.69, 9.17) is 20.7 Å². The Balaban J connectivity index is 1.63. The molecule has 0 unspecified atom stereocenters. The molecule has 1 aromatic heterocycles. The Morgan fingerprint density at radius 3 is 3.00 bits per heavy atom. The Morgan fingerprint density at radius 1 is 1.43 bits per heavy atom. The van der Waals surface area contributed by atoms with Crippen LogP contribution in [0.5, 0.6) is 0 Å². The summed E-state index contributed by atoms with van der Waals surface area (Å²) in [5, 5.41) is 0. The van der Waals surface area contributed by atoms with Crippen LogP contribution in [0.15, 0.2) is 41.5 Å². The number of benzene rings is 1. The normalized spacial score (nSPS) is 36.4. The van der Waals surface area contributed by atoms with Gasteiger partial charge in [0.2, 0.25) is 5.95 Å². The topological polar surface area (TPSA) is 69.7 Å². The quantitative estimate of drug-likeness (QED) is 0.766. The largest absolute Gasteiger partial charge is 0.462 e. The molecule has 1 aromatic carbocycles. The summed E-state index contributed by atoms with van der Waals surface area (Å²) in [5.74, 6) is -0.643. The maximum Gasteiger partial charge on any atom is 0.283 e. The van der Waals surface area contributed by atoms with Crippen molar-refractivity contribution in [2.75, 3.05) is 13.1 Å². The molecule has 0 radical (unpaired) electrons. The molecule has 30 heavy (non-hydrogen) atoms. The Hall–Kier alpha value is -2.47. The Morgan fingerprint density at radius 2 is 2.30 bits per heavy atom. The van der Waals surface area contributed by atoms with Gasteiger partial charge in [0.15, 0.2) is 0 Å². The van der Waals surface area contributed by atoms with Crippen LogP contribution in [0.3, 0.4) is 0 Å². The number of aromatic nitrogens is 1. The predicted molar refractivity (Wildman–Crippen MR) is 113 cm³/mol. The van der Waals surface area contributed by atoms with Crippen molar-refractivity contribution in [3.63, 3.8) is 0 Å². The minimum absolute atomic E-state index is 0.0435. The van der Waals surface area contributed by atoms with E-state index in [9.17, 15) is 4.39 Å². The van der Waals surface area contributed by atoms with Crippen molar-refractivity contribution in [2.45, 2.75) is 51.2 Å². The SMILES string of the molecule is [2H]C([2H])(C)O[C@@H]1CC[C@]2(Cc3ccc(-c4cccnc4F)cc3[C@]23N=C(N)OC3([2H])[2H])C[C@H]1C. The third-order valence-electron chi connectivity index (χ3n) is 6.97. The van der Waals surface area contributed by atoms with Crippen molar-refractivity contribution in [1.29, 1.82) is 0 Å². The molecule has 6 heteroatoms. The number of rotatable bonds is 3. The summed E-state index contributed by atoms with van der Waals surface area (Å²) in [6, 6.07) is 8.63. The molecule has 0 amide bonds. The van der Waals surface area contributed by atoms with E-state index >= 15 is 0 Å². The fourth-order valence-corrected chi connectivity index (χ4v) is 5.66. The highest BCUT2D eigenvalue weighted by Crippen LogP contribution is 2.62. The third kappa shape index (κ3) is 2.77. The average molecular weight is 414 g/mol. The molecule has 2 N–H and O–H groups in total. The Bertz CT molecular complexity index is 1170. The van der Waals surface area contributed by atoms with E-state index in [0.29, 0.717) is 42.4 Å². The number of nitrogens with zero attached hydrogens (tertiary/aromatic N) is 2. The Kier molecular flexibility index (Phi) is 3.61. The molecule has 5 rings (SSSR count). The zero-order valence-electron chi connectivity index (χ0n) is 21.1. The van der Waals surface area contributed by atoms with Crippen molar-refractivity contribution in [2.24, 2.45) is 22.1 Å². The number of amidine groups is 1. The molecule has 1 fully saturated rings. The fraction of sp³-hybridized carbons (Fsp3) is 0.500. The molecule has 3 aliphatic rings. The van der Waals surface area contributed by atoms with Gasteiger partial charge in [0.05, 0.1) is 11.6 Å². The maximum atomic E-state index is 14.5. The van der Waals surface area contributed by atoms with Gasteiger partial charge in [-0.1, -0.05) is 19.1 Å².